The second-order valence-electron chi connectivity index (χ2n) is 12.6. The molecule has 0 saturated carbocycles. The van der Waals surface area contributed by atoms with Crippen LogP contribution in [-0.2, 0) is 25.5 Å². The predicted molar refractivity (Wildman–Crippen MR) is 179 cm³/mol. The quantitative estimate of drug-likeness (QED) is 0.266. The van der Waals surface area contributed by atoms with Gasteiger partial charge in [-0.3, -0.25) is 9.59 Å². The molecule has 0 bridgehead atoms. The monoisotopic (exact) mass is 682 g/mol. The zero-order valence-corrected chi connectivity index (χ0v) is 28.0. The first-order chi connectivity index (χ1) is 23.0. The molecule has 3 N–H and O–H groups in total. The number of morpholine rings is 1. The van der Waals surface area contributed by atoms with Crippen LogP contribution in [0.15, 0.2) is 60.7 Å². The molecule has 3 aromatic carbocycles. The van der Waals surface area contributed by atoms with Crippen molar-refractivity contribution in [3.05, 3.63) is 99.6 Å². The number of nitrogens with zero attached hydrogens (tertiary/aromatic N) is 1. The highest BCUT2D eigenvalue weighted by atomic mass is 35.5. The van der Waals surface area contributed by atoms with Crippen molar-refractivity contribution >= 4 is 35.2 Å². The van der Waals surface area contributed by atoms with Gasteiger partial charge in [-0.05, 0) is 85.7 Å². The second kappa shape index (κ2) is 15.4. The molecule has 0 aromatic heterocycles. The number of nitrogens with one attached hydrogen (secondary N) is 3. The standard InChI is InChI=1S/C36H41ClF2N4O5/c1-22-17-25(19-27(38)18-22)32(24-7-9-26(37)10-8-24)33(42-35(46)47-3)34(45)41-31-6-4-5-30(39)29(31)12-11-28-20-40-21-36(48-28)13-15-43(16-14-36)23(2)44/h4-10,17-19,28,32-33,40H,11-16,20-21H2,1-3H3,(H,41,45)(H,42,46)/t28-,32+,33+/m1/s1. The molecule has 1 spiro atoms. The number of hydrogen-bond donors (Lipinski definition) is 3. The van der Waals surface area contributed by atoms with Crippen molar-refractivity contribution in [1.82, 2.24) is 15.5 Å². The highest BCUT2D eigenvalue weighted by Crippen LogP contribution is 2.34. The van der Waals surface area contributed by atoms with Gasteiger partial charge in [-0.2, -0.15) is 0 Å². The molecular weight excluding hydrogens is 642 g/mol. The number of benzene rings is 3. The molecule has 2 aliphatic heterocycles. The minimum absolute atomic E-state index is 0.0499. The lowest BCUT2D eigenvalue weighted by atomic mass is 9.83. The molecule has 3 amide bonds. The summed E-state index contributed by atoms with van der Waals surface area (Å²) in [5.41, 5.74) is 1.80. The molecule has 5 rings (SSSR count). The third kappa shape index (κ3) is 8.50. The lowest BCUT2D eigenvalue weighted by molar-refractivity contribution is -0.153. The van der Waals surface area contributed by atoms with Crippen LogP contribution in [0.5, 0.6) is 0 Å². The summed E-state index contributed by atoms with van der Waals surface area (Å²) in [6.45, 7) is 5.83. The summed E-state index contributed by atoms with van der Waals surface area (Å²) in [6, 6.07) is 14.3. The number of halogens is 3. The van der Waals surface area contributed by atoms with E-state index in [9.17, 15) is 18.8 Å². The van der Waals surface area contributed by atoms with E-state index in [-0.39, 0.29) is 29.7 Å². The fraction of sp³-hybridized carbons (Fsp3) is 0.417. The van der Waals surface area contributed by atoms with Crippen LogP contribution in [0.4, 0.5) is 19.3 Å². The zero-order chi connectivity index (χ0) is 34.4. The van der Waals surface area contributed by atoms with Crippen molar-refractivity contribution in [2.45, 2.75) is 63.2 Å². The van der Waals surface area contributed by atoms with Gasteiger partial charge in [0.2, 0.25) is 11.8 Å². The van der Waals surface area contributed by atoms with Crippen molar-refractivity contribution in [2.24, 2.45) is 0 Å². The molecule has 3 aromatic rings. The van der Waals surface area contributed by atoms with Crippen molar-refractivity contribution in [2.75, 3.05) is 38.6 Å². The Morgan fingerprint density at radius 2 is 1.81 bits per heavy atom. The lowest BCUT2D eigenvalue weighted by Gasteiger charge is -2.46. The molecule has 9 nitrogen and oxygen atoms in total. The maximum atomic E-state index is 15.4. The van der Waals surface area contributed by atoms with Gasteiger partial charge in [-0.25, -0.2) is 13.6 Å². The Morgan fingerprint density at radius 3 is 2.48 bits per heavy atom. The van der Waals surface area contributed by atoms with E-state index in [1.165, 1.54) is 31.4 Å². The molecular formula is C36H41ClF2N4O5. The molecule has 0 radical (unpaired) electrons. The number of ether oxygens (including phenoxy) is 2. The van der Waals surface area contributed by atoms with Gasteiger partial charge >= 0.3 is 6.09 Å². The number of anilines is 1. The minimum Gasteiger partial charge on any atom is -0.453 e. The first-order valence-electron chi connectivity index (χ1n) is 16.1. The maximum absolute atomic E-state index is 15.4. The van der Waals surface area contributed by atoms with Crippen LogP contribution in [-0.4, -0.2) is 73.8 Å². The van der Waals surface area contributed by atoms with E-state index in [1.807, 2.05) is 4.90 Å². The van der Waals surface area contributed by atoms with Crippen molar-refractivity contribution in [3.8, 4) is 0 Å². The smallest absolute Gasteiger partial charge is 0.407 e. The Bertz CT molecular complexity index is 1610. The molecule has 0 unspecified atom stereocenters. The van der Waals surface area contributed by atoms with Gasteiger partial charge in [-0.1, -0.05) is 35.9 Å². The average molecular weight is 683 g/mol. The lowest BCUT2D eigenvalue weighted by Crippen LogP contribution is -2.58. The third-order valence-corrected chi connectivity index (χ3v) is 9.43. The Kier molecular flexibility index (Phi) is 11.3. The van der Waals surface area contributed by atoms with Gasteiger partial charge < -0.3 is 30.3 Å². The van der Waals surface area contributed by atoms with Gasteiger partial charge in [0.15, 0.2) is 0 Å². The Balaban J connectivity index is 1.39. The Morgan fingerprint density at radius 1 is 1.08 bits per heavy atom. The van der Waals surface area contributed by atoms with Crippen molar-refractivity contribution in [3.63, 3.8) is 0 Å². The SMILES string of the molecule is COC(=O)N[C@H](C(=O)Nc1cccc(F)c1CC[C@@H]1CNCC2(CCN(C(C)=O)CC2)O1)[C@@H](c1ccc(Cl)cc1)c1cc(C)cc(F)c1. The summed E-state index contributed by atoms with van der Waals surface area (Å²) in [4.78, 5) is 40.4. The summed E-state index contributed by atoms with van der Waals surface area (Å²) in [5, 5.41) is 9.38. The summed E-state index contributed by atoms with van der Waals surface area (Å²) in [6.07, 6.45) is 1.10. The topological polar surface area (TPSA) is 109 Å². The summed E-state index contributed by atoms with van der Waals surface area (Å²) >= 11 is 6.16. The molecule has 2 fully saturated rings. The highest BCUT2D eigenvalue weighted by Gasteiger charge is 2.40. The second-order valence-corrected chi connectivity index (χ2v) is 13.0. The van der Waals surface area contributed by atoms with Crippen LogP contribution < -0.4 is 16.0 Å². The summed E-state index contributed by atoms with van der Waals surface area (Å²) in [5.74, 6) is -2.46. The van der Waals surface area contributed by atoms with E-state index in [0.29, 0.717) is 72.7 Å². The van der Waals surface area contributed by atoms with Gasteiger partial charge in [-0.15, -0.1) is 0 Å². The van der Waals surface area contributed by atoms with Crippen LogP contribution in [0.1, 0.15) is 54.4 Å². The van der Waals surface area contributed by atoms with Crippen LogP contribution in [0.3, 0.4) is 0 Å². The molecule has 2 heterocycles. The van der Waals surface area contributed by atoms with Crippen LogP contribution in [0, 0.1) is 18.6 Å². The fourth-order valence-electron chi connectivity index (χ4n) is 6.71. The summed E-state index contributed by atoms with van der Waals surface area (Å²) in [7, 11) is 1.18. The first-order valence-corrected chi connectivity index (χ1v) is 16.4. The summed E-state index contributed by atoms with van der Waals surface area (Å²) < 4.78 is 41.5. The Labute approximate surface area is 284 Å². The zero-order valence-electron chi connectivity index (χ0n) is 27.3. The molecule has 3 atom stereocenters. The van der Waals surface area contributed by atoms with E-state index in [1.54, 1.807) is 50.2 Å². The third-order valence-electron chi connectivity index (χ3n) is 9.18. The van der Waals surface area contributed by atoms with Gasteiger partial charge in [0.1, 0.15) is 17.7 Å². The number of piperidine rings is 1. The molecule has 48 heavy (non-hydrogen) atoms. The minimum atomic E-state index is -1.29. The van der Waals surface area contributed by atoms with Crippen molar-refractivity contribution < 1.29 is 32.6 Å². The number of carbonyl (C=O) groups is 3. The average Bonchev–Trinajstić information content (AvgIpc) is 3.04. The first kappa shape index (κ1) is 35.3. The number of methoxy groups -OCH3 is 1. The largest absolute Gasteiger partial charge is 0.453 e. The predicted octanol–water partition coefficient (Wildman–Crippen LogP) is 5.72. The van der Waals surface area contributed by atoms with E-state index in [0.717, 1.165) is 0 Å². The number of amides is 3. The van der Waals surface area contributed by atoms with Crippen molar-refractivity contribution in [1.29, 1.82) is 0 Å². The molecule has 2 saturated heterocycles. The number of alkyl carbamates (subject to hydrolysis) is 1. The van der Waals surface area contributed by atoms with Gasteiger partial charge in [0, 0.05) is 55.3 Å². The molecule has 12 heteroatoms. The van der Waals surface area contributed by atoms with Crippen LogP contribution in [0.25, 0.3) is 0 Å². The number of likely N-dealkylation sites (tertiary alicyclic amines) is 1. The molecule has 0 aliphatic carbocycles. The molecule has 256 valence electrons. The number of carbonyl (C=O) groups excluding carboxylic acids is 3. The maximum Gasteiger partial charge on any atom is 0.407 e. The highest BCUT2D eigenvalue weighted by molar-refractivity contribution is 6.30. The number of rotatable bonds is 9. The van der Waals surface area contributed by atoms with Crippen LogP contribution in [0.2, 0.25) is 5.02 Å². The van der Waals surface area contributed by atoms with Gasteiger partial charge in [0.25, 0.3) is 0 Å². The van der Waals surface area contributed by atoms with Crippen LogP contribution >= 0.6 is 11.6 Å². The normalized spacial score (nSPS) is 18.5. The number of hydrogen-bond acceptors (Lipinski definition) is 6. The molecule has 2 aliphatic rings. The van der Waals surface area contributed by atoms with Gasteiger partial charge in [0.05, 0.1) is 18.8 Å². The van der Waals surface area contributed by atoms with E-state index in [2.05, 4.69) is 16.0 Å². The fourth-order valence-corrected chi connectivity index (χ4v) is 6.83. The van der Waals surface area contributed by atoms with E-state index < -0.39 is 35.6 Å². The number of aryl methyl sites for hydroxylation is 1. The van der Waals surface area contributed by atoms with E-state index >= 15 is 4.39 Å². The van der Waals surface area contributed by atoms with E-state index in [4.69, 9.17) is 21.1 Å². The Hall–Kier alpha value is -4.06.